The number of hydrogen-bond acceptors (Lipinski definition) is 7. The van der Waals surface area contributed by atoms with E-state index in [0.29, 0.717) is 12.2 Å². The molecule has 1 aliphatic rings. The normalized spacial score (nSPS) is 17.7. The molecule has 2 aromatic heterocycles. The van der Waals surface area contributed by atoms with Crippen molar-refractivity contribution in [2.24, 2.45) is 0 Å². The third-order valence-electron chi connectivity index (χ3n) is 4.42. The van der Waals surface area contributed by atoms with Gasteiger partial charge in [-0.3, -0.25) is 9.13 Å². The third-order valence-corrected chi connectivity index (χ3v) is 5.92. The Balaban J connectivity index is 1.99. The highest BCUT2D eigenvalue weighted by atomic mass is 35.5. The molecule has 0 spiro atoms. The van der Waals surface area contributed by atoms with Crippen molar-refractivity contribution in [3.63, 3.8) is 0 Å². The van der Waals surface area contributed by atoms with Crippen molar-refractivity contribution in [1.29, 1.82) is 0 Å². The van der Waals surface area contributed by atoms with Crippen LogP contribution in [-0.4, -0.2) is 61.0 Å². The van der Waals surface area contributed by atoms with Gasteiger partial charge in [-0.05, 0) is 37.7 Å². The first-order valence-corrected chi connectivity index (χ1v) is 11.4. The maximum atomic E-state index is 13.3. The molecule has 30 heavy (non-hydrogen) atoms. The van der Waals surface area contributed by atoms with Crippen molar-refractivity contribution in [2.75, 3.05) is 12.3 Å². The van der Waals surface area contributed by atoms with E-state index >= 15 is 0 Å². The summed E-state index contributed by atoms with van der Waals surface area (Å²) < 4.78 is 40.1. The van der Waals surface area contributed by atoms with E-state index in [2.05, 4.69) is 4.98 Å². The highest BCUT2D eigenvalue weighted by Crippen LogP contribution is 2.36. The molecule has 0 bridgehead atoms. The second-order valence-electron chi connectivity index (χ2n) is 6.59. The molecule has 3 heterocycles. The van der Waals surface area contributed by atoms with Gasteiger partial charge in [-0.15, -0.1) is 5.88 Å². The zero-order chi connectivity index (χ0) is 22.1. The van der Waals surface area contributed by atoms with Crippen molar-refractivity contribution in [2.45, 2.75) is 31.6 Å². The average molecular weight is 476 g/mol. The fraction of sp³-hybridized carbons (Fsp3) is 0.412. The first kappa shape index (κ1) is 22.6. The lowest BCUT2D eigenvalue weighted by Gasteiger charge is -2.26. The number of rotatable bonds is 8. The van der Waals surface area contributed by atoms with E-state index in [9.17, 15) is 18.6 Å². The van der Waals surface area contributed by atoms with Gasteiger partial charge in [-0.25, -0.2) is 4.98 Å². The van der Waals surface area contributed by atoms with Gasteiger partial charge >= 0.3 is 0 Å². The van der Waals surface area contributed by atoms with Gasteiger partial charge in [0.25, 0.3) is 10.1 Å². The smallest absolute Gasteiger partial charge is 0.264 e. The summed E-state index contributed by atoms with van der Waals surface area (Å²) >= 11 is 11.7. The molecule has 0 radical (unpaired) electrons. The monoisotopic (exact) mass is 475 g/mol. The Morgan fingerprint density at radius 3 is 2.80 bits per heavy atom. The van der Waals surface area contributed by atoms with Crippen LogP contribution in [0, 0.1) is 10.8 Å². The number of ether oxygens (including phenoxy) is 1. The van der Waals surface area contributed by atoms with Gasteiger partial charge in [0.05, 0.1) is 5.75 Å². The van der Waals surface area contributed by atoms with E-state index in [4.69, 9.17) is 33.1 Å². The summed E-state index contributed by atoms with van der Waals surface area (Å²) in [6.07, 6.45) is 2.28. The predicted octanol–water partition coefficient (Wildman–Crippen LogP) is 1.17. The van der Waals surface area contributed by atoms with Crippen LogP contribution in [0.1, 0.15) is 31.7 Å². The standard InChI is InChI=1S/C17H21ClN4O6S2/c1-11(23)21-14(16(24)22(17(21)29)12-6-2-3-7-19-12)13-15(18)28-10-20(13)8-4-5-9-30(25,26)27/h2-3,6-7,10-11,15,23-24H,4-5,8-9H2,1H3,(H,25,26,27)/p-1. The first-order chi connectivity index (χ1) is 14.1. The molecule has 0 saturated carbocycles. The van der Waals surface area contributed by atoms with Crippen LogP contribution in [0.3, 0.4) is 0 Å². The summed E-state index contributed by atoms with van der Waals surface area (Å²) in [6.45, 7) is 1.73. The molecular formula is C17H20ClN4O6S2-. The van der Waals surface area contributed by atoms with Gasteiger partial charge in [-0.1, -0.05) is 17.7 Å². The Morgan fingerprint density at radius 1 is 1.47 bits per heavy atom. The summed E-state index contributed by atoms with van der Waals surface area (Å²) in [4.78, 5) is 4.16. The third kappa shape index (κ3) is 4.62. The maximum Gasteiger partial charge on any atom is 0.264 e. The van der Waals surface area contributed by atoms with E-state index in [1.165, 1.54) is 28.7 Å². The zero-order valence-corrected chi connectivity index (χ0v) is 18.3. The summed E-state index contributed by atoms with van der Waals surface area (Å²) in [5.74, 6) is -0.613. The molecule has 0 aromatic carbocycles. The maximum absolute atomic E-state index is 13.3. The Morgan fingerprint density at radius 2 is 2.20 bits per heavy atom. The second-order valence-corrected chi connectivity index (χ2v) is 8.92. The molecule has 1 aliphatic heterocycles. The van der Waals surface area contributed by atoms with Crippen LogP contribution in [0.4, 0.5) is 0 Å². The highest BCUT2D eigenvalue weighted by Gasteiger charge is 2.36. The molecule has 10 nitrogen and oxygen atoms in total. The van der Waals surface area contributed by atoms with Gasteiger partial charge < -0.3 is 24.1 Å². The van der Waals surface area contributed by atoms with Crippen LogP contribution in [0.25, 0.3) is 5.82 Å². The van der Waals surface area contributed by atoms with E-state index in [0.717, 1.165) is 0 Å². The minimum Gasteiger partial charge on any atom is -0.914 e. The lowest BCUT2D eigenvalue weighted by atomic mass is 10.2. The molecule has 2 aromatic rings. The zero-order valence-electron chi connectivity index (χ0n) is 15.9. The number of aliphatic hydroxyl groups excluding tert-OH is 1. The van der Waals surface area contributed by atoms with Gasteiger partial charge in [0, 0.05) is 18.3 Å². The molecule has 0 amide bonds. The number of nitrogens with zero attached hydrogens (tertiary/aromatic N) is 4. The SMILES string of the molecule is CC(O)n1c([C-]2C(Cl)OC=[N+]2CCCCS(=O)(=O)O)c([O-])n(-c2ccccn2)c1=S. The molecule has 2 unspecified atom stereocenters. The fourth-order valence-electron chi connectivity index (χ4n) is 3.13. The van der Waals surface area contributed by atoms with E-state index < -0.39 is 27.8 Å². The van der Waals surface area contributed by atoms with Gasteiger partial charge in [0.2, 0.25) is 12.0 Å². The van der Waals surface area contributed by atoms with E-state index in [1.54, 1.807) is 22.8 Å². The van der Waals surface area contributed by atoms with E-state index in [1.807, 2.05) is 0 Å². The number of imidazole rings is 1. The number of pyridine rings is 1. The summed E-state index contributed by atoms with van der Waals surface area (Å²) in [5.41, 5.74) is -0.970. The number of hydrogen-bond donors (Lipinski definition) is 2. The Kier molecular flexibility index (Phi) is 6.72. The predicted molar refractivity (Wildman–Crippen MR) is 109 cm³/mol. The molecule has 2 atom stereocenters. The molecule has 13 heteroatoms. The average Bonchev–Trinajstić information content (AvgIpc) is 3.15. The molecule has 164 valence electrons. The van der Waals surface area contributed by atoms with Crippen LogP contribution < -0.4 is 5.11 Å². The fourth-order valence-corrected chi connectivity index (χ4v) is 4.39. The Hall–Kier alpha value is -2.12. The van der Waals surface area contributed by atoms with Crippen LogP contribution in [0.2, 0.25) is 0 Å². The lowest BCUT2D eigenvalue weighted by Crippen LogP contribution is -2.27. The number of aromatic nitrogens is 3. The van der Waals surface area contributed by atoms with Crippen molar-refractivity contribution in [3.05, 3.63) is 40.9 Å². The second kappa shape index (κ2) is 8.94. The lowest BCUT2D eigenvalue weighted by molar-refractivity contribution is -0.499. The molecule has 2 N–H and O–H groups in total. The summed E-state index contributed by atoms with van der Waals surface area (Å²) in [5, 5.41) is 23.6. The first-order valence-electron chi connectivity index (χ1n) is 8.97. The number of aliphatic hydroxyl groups is 1. The van der Waals surface area contributed by atoms with E-state index in [-0.39, 0.29) is 35.2 Å². The van der Waals surface area contributed by atoms with Gasteiger partial charge in [-0.2, -0.15) is 8.42 Å². The van der Waals surface area contributed by atoms with Crippen molar-refractivity contribution in [1.82, 2.24) is 14.1 Å². The van der Waals surface area contributed by atoms with Crippen LogP contribution in [0.5, 0.6) is 5.88 Å². The minimum atomic E-state index is -4.06. The highest BCUT2D eigenvalue weighted by molar-refractivity contribution is 7.85. The topological polar surface area (TPSA) is 133 Å². The van der Waals surface area contributed by atoms with Crippen LogP contribution in [-0.2, 0) is 14.9 Å². The quantitative estimate of drug-likeness (QED) is 0.145. The van der Waals surface area contributed by atoms with Crippen LogP contribution in [0.15, 0.2) is 24.4 Å². The number of halogens is 1. The summed E-state index contributed by atoms with van der Waals surface area (Å²) in [7, 11) is -4.06. The molecular weight excluding hydrogens is 456 g/mol. The van der Waals surface area contributed by atoms with Crippen molar-refractivity contribution in [3.8, 4) is 11.7 Å². The molecule has 0 saturated heterocycles. The number of unbranched alkanes of at least 4 members (excludes halogenated alkanes) is 1. The van der Waals surface area contributed by atoms with Crippen LogP contribution >= 0.6 is 23.8 Å². The molecule has 0 fully saturated rings. The Labute approximate surface area is 183 Å². The number of alkyl halides is 1. The summed E-state index contributed by atoms with van der Waals surface area (Å²) in [6, 6.07) is 5.28. The molecule has 0 aliphatic carbocycles. The van der Waals surface area contributed by atoms with Gasteiger partial charge in [0.15, 0.2) is 10.8 Å². The van der Waals surface area contributed by atoms with Crippen molar-refractivity contribution < 1.29 is 32.5 Å². The molecule has 3 rings (SSSR count). The van der Waals surface area contributed by atoms with Gasteiger partial charge in [0.1, 0.15) is 18.6 Å². The Bertz CT molecular complexity index is 1100. The minimum absolute atomic E-state index is 0.0401. The van der Waals surface area contributed by atoms with Crippen molar-refractivity contribution >= 4 is 40.3 Å². The largest absolute Gasteiger partial charge is 0.914 e.